The van der Waals surface area contributed by atoms with E-state index in [2.05, 4.69) is 10.6 Å². The van der Waals surface area contributed by atoms with Crippen LogP contribution in [0, 0.1) is 5.41 Å². The van der Waals surface area contributed by atoms with E-state index in [1.807, 2.05) is 72.8 Å². The minimum absolute atomic E-state index is 0.104. The third kappa shape index (κ3) is 11.1. The van der Waals surface area contributed by atoms with Gasteiger partial charge in [-0.05, 0) is 87.3 Å². The van der Waals surface area contributed by atoms with Crippen LogP contribution in [-0.4, -0.2) is 69.7 Å². The smallest absolute Gasteiger partial charge is 0.407 e. The number of hydrogen-bond acceptors (Lipinski definition) is 6. The minimum atomic E-state index is -1.67. The zero-order valence-corrected chi connectivity index (χ0v) is 32.0. The van der Waals surface area contributed by atoms with Gasteiger partial charge in [-0.15, -0.1) is 0 Å². The first-order valence-corrected chi connectivity index (χ1v) is 18.1. The Morgan fingerprint density at radius 2 is 1.47 bits per heavy atom. The van der Waals surface area contributed by atoms with Crippen LogP contribution < -0.4 is 15.4 Å². The second-order valence-corrected chi connectivity index (χ2v) is 15.5. The van der Waals surface area contributed by atoms with Gasteiger partial charge in [0.05, 0.1) is 0 Å². The van der Waals surface area contributed by atoms with Crippen molar-refractivity contribution in [1.29, 1.82) is 0 Å². The van der Waals surface area contributed by atoms with E-state index in [-0.39, 0.29) is 31.1 Å². The molecule has 284 valence electrons. The maximum atomic E-state index is 14.3. The standard InChI is InChI=1S/C42H54N4O7/c1-40(2,3)42(38(49)50,23-14-15-24-43-39(51)53-41(4,5)6)44-37(48)35-27-32-26-33(52-29-31-18-12-9-13-19-31)20-21-34(32)46(35)28-36(47)45(7)25-22-30-16-10-8-11-17-30/h8-13,16-21,26-27H,14-15,22-25,28-29H2,1-7H3,(H,43,51)(H,44,48)(H,49,50). The lowest BCUT2D eigenvalue weighted by atomic mass is 9.70. The molecule has 0 radical (unpaired) electrons. The number of fused-ring (bicyclic) bond motifs is 1. The normalized spacial score (nSPS) is 12.8. The lowest BCUT2D eigenvalue weighted by Gasteiger charge is -2.42. The molecular formula is C42H54N4O7. The van der Waals surface area contributed by atoms with Crippen molar-refractivity contribution in [3.8, 4) is 5.75 Å². The van der Waals surface area contributed by atoms with E-state index >= 15 is 0 Å². The number of aromatic nitrogens is 1. The summed E-state index contributed by atoms with van der Waals surface area (Å²) in [6, 6.07) is 26.8. The first kappa shape index (κ1) is 40.5. The van der Waals surface area contributed by atoms with Gasteiger partial charge in [0.25, 0.3) is 5.91 Å². The number of aliphatic carboxylic acids is 1. The molecule has 1 atom stereocenters. The SMILES string of the molecule is CN(CCc1ccccc1)C(=O)Cn1c(C(=O)NC(CCCCNC(=O)OC(C)(C)C)(C(=O)O)C(C)(C)C)cc2cc(OCc3ccccc3)ccc21. The minimum Gasteiger partial charge on any atom is -0.489 e. The average molecular weight is 727 g/mol. The molecule has 0 aliphatic heterocycles. The second kappa shape index (κ2) is 17.5. The van der Waals surface area contributed by atoms with Crippen LogP contribution in [0.1, 0.15) is 82.4 Å². The number of amides is 3. The number of nitrogens with one attached hydrogen (secondary N) is 2. The summed E-state index contributed by atoms with van der Waals surface area (Å²) in [6.07, 6.45) is 1.09. The maximum absolute atomic E-state index is 14.3. The van der Waals surface area contributed by atoms with Crippen molar-refractivity contribution in [2.24, 2.45) is 5.41 Å². The molecule has 4 aromatic rings. The topological polar surface area (TPSA) is 139 Å². The molecule has 0 aliphatic rings. The summed E-state index contributed by atoms with van der Waals surface area (Å²) < 4.78 is 13.0. The third-order valence-electron chi connectivity index (χ3n) is 9.27. The van der Waals surface area contributed by atoms with Gasteiger partial charge in [0.2, 0.25) is 5.91 Å². The summed E-state index contributed by atoms with van der Waals surface area (Å²) in [5.41, 5.74) is -0.311. The molecule has 0 saturated heterocycles. The Morgan fingerprint density at radius 3 is 2.08 bits per heavy atom. The lowest BCUT2D eigenvalue weighted by molar-refractivity contribution is -0.150. The molecule has 3 aromatic carbocycles. The molecule has 0 bridgehead atoms. The molecular weight excluding hydrogens is 672 g/mol. The van der Waals surface area contributed by atoms with Crippen molar-refractivity contribution in [2.75, 3.05) is 20.1 Å². The summed E-state index contributed by atoms with van der Waals surface area (Å²) in [4.78, 5) is 54.9. The predicted octanol–water partition coefficient (Wildman–Crippen LogP) is 7.22. The van der Waals surface area contributed by atoms with E-state index in [4.69, 9.17) is 9.47 Å². The zero-order chi connectivity index (χ0) is 38.8. The molecule has 0 saturated carbocycles. The Hall–Kier alpha value is -5.32. The van der Waals surface area contributed by atoms with Gasteiger partial charge in [0, 0.05) is 31.0 Å². The van der Waals surface area contributed by atoms with Crippen molar-refractivity contribution < 1.29 is 33.8 Å². The molecule has 4 rings (SSSR count). The van der Waals surface area contributed by atoms with Crippen molar-refractivity contribution in [2.45, 2.75) is 91.5 Å². The van der Waals surface area contributed by atoms with Gasteiger partial charge in [-0.2, -0.15) is 0 Å². The summed E-state index contributed by atoms with van der Waals surface area (Å²) >= 11 is 0. The largest absolute Gasteiger partial charge is 0.489 e. The van der Waals surface area contributed by atoms with Gasteiger partial charge in [-0.25, -0.2) is 9.59 Å². The fourth-order valence-electron chi connectivity index (χ4n) is 6.14. The highest BCUT2D eigenvalue weighted by molar-refractivity contribution is 6.02. The molecule has 53 heavy (non-hydrogen) atoms. The van der Waals surface area contributed by atoms with Gasteiger partial charge in [-0.3, -0.25) is 9.59 Å². The predicted molar refractivity (Wildman–Crippen MR) is 206 cm³/mol. The summed E-state index contributed by atoms with van der Waals surface area (Å²) in [5, 5.41) is 17.0. The number of benzene rings is 3. The number of nitrogens with zero attached hydrogens (tertiary/aromatic N) is 2. The van der Waals surface area contributed by atoms with E-state index in [0.29, 0.717) is 49.1 Å². The van der Waals surface area contributed by atoms with Gasteiger partial charge >= 0.3 is 12.1 Å². The number of alkyl carbamates (subject to hydrolysis) is 1. The number of carboxylic acids is 1. The summed E-state index contributed by atoms with van der Waals surface area (Å²) in [7, 11) is 1.74. The Bertz CT molecular complexity index is 1860. The Labute approximate surface area is 312 Å². The summed E-state index contributed by atoms with van der Waals surface area (Å²) in [5.74, 6) is -1.40. The van der Waals surface area contributed by atoms with Gasteiger partial charge in [0.15, 0.2) is 0 Å². The van der Waals surface area contributed by atoms with E-state index in [1.165, 1.54) is 0 Å². The molecule has 3 amide bonds. The highest BCUT2D eigenvalue weighted by Gasteiger charge is 2.50. The van der Waals surface area contributed by atoms with Crippen LogP contribution in [-0.2, 0) is 33.9 Å². The number of carboxylic acid groups (broad SMARTS) is 1. The van der Waals surface area contributed by atoms with E-state index < -0.39 is 34.5 Å². The molecule has 11 nitrogen and oxygen atoms in total. The van der Waals surface area contributed by atoms with Crippen LogP contribution in [0.15, 0.2) is 84.9 Å². The lowest BCUT2D eigenvalue weighted by Crippen LogP contribution is -2.62. The molecule has 11 heteroatoms. The number of hydrogen-bond donors (Lipinski definition) is 3. The van der Waals surface area contributed by atoms with Crippen LogP contribution in [0.2, 0.25) is 0 Å². The van der Waals surface area contributed by atoms with Crippen LogP contribution >= 0.6 is 0 Å². The van der Waals surface area contributed by atoms with E-state index in [1.54, 1.807) is 70.2 Å². The average Bonchev–Trinajstić information content (AvgIpc) is 3.45. The molecule has 1 heterocycles. The number of rotatable bonds is 16. The number of unbranched alkanes of at least 4 members (excludes halogenated alkanes) is 1. The third-order valence-corrected chi connectivity index (χ3v) is 9.27. The first-order chi connectivity index (χ1) is 25.0. The highest BCUT2D eigenvalue weighted by Crippen LogP contribution is 2.36. The highest BCUT2D eigenvalue weighted by atomic mass is 16.6. The zero-order valence-electron chi connectivity index (χ0n) is 32.0. The molecule has 1 aromatic heterocycles. The Morgan fingerprint density at radius 1 is 0.830 bits per heavy atom. The molecule has 3 N–H and O–H groups in total. The fraction of sp³-hybridized carbons (Fsp3) is 0.429. The Balaban J connectivity index is 1.60. The quantitative estimate of drug-likeness (QED) is 0.104. The van der Waals surface area contributed by atoms with Gasteiger partial charge in [0.1, 0.15) is 35.7 Å². The number of carbonyl (C=O) groups excluding carboxylic acids is 3. The van der Waals surface area contributed by atoms with E-state index in [0.717, 1.165) is 11.1 Å². The van der Waals surface area contributed by atoms with Crippen LogP contribution in [0.4, 0.5) is 4.79 Å². The molecule has 1 unspecified atom stereocenters. The van der Waals surface area contributed by atoms with Crippen molar-refractivity contribution in [3.63, 3.8) is 0 Å². The van der Waals surface area contributed by atoms with Crippen LogP contribution in [0.5, 0.6) is 5.75 Å². The summed E-state index contributed by atoms with van der Waals surface area (Å²) in [6.45, 7) is 11.6. The molecule has 0 aliphatic carbocycles. The molecule has 0 spiro atoms. The van der Waals surface area contributed by atoms with Crippen molar-refractivity contribution in [3.05, 3.63) is 102 Å². The monoisotopic (exact) mass is 726 g/mol. The maximum Gasteiger partial charge on any atom is 0.407 e. The number of carbonyl (C=O) groups is 4. The number of likely N-dealkylation sites (N-methyl/N-ethyl adjacent to an activating group) is 1. The first-order valence-electron chi connectivity index (χ1n) is 18.1. The number of ether oxygens (including phenoxy) is 2. The van der Waals surface area contributed by atoms with Crippen molar-refractivity contribution >= 4 is 34.8 Å². The van der Waals surface area contributed by atoms with E-state index in [9.17, 15) is 24.3 Å². The fourth-order valence-corrected chi connectivity index (χ4v) is 6.14. The van der Waals surface area contributed by atoms with Crippen LogP contribution in [0.25, 0.3) is 10.9 Å². The molecule has 0 fully saturated rings. The van der Waals surface area contributed by atoms with Gasteiger partial charge < -0.3 is 34.7 Å². The van der Waals surface area contributed by atoms with Crippen LogP contribution in [0.3, 0.4) is 0 Å². The van der Waals surface area contributed by atoms with Crippen molar-refractivity contribution in [1.82, 2.24) is 20.1 Å². The Kier molecular flexibility index (Phi) is 13.3. The van der Waals surface area contributed by atoms with Gasteiger partial charge in [-0.1, -0.05) is 81.4 Å². The second-order valence-electron chi connectivity index (χ2n) is 15.5.